The van der Waals surface area contributed by atoms with E-state index in [-0.39, 0.29) is 11.5 Å². The van der Waals surface area contributed by atoms with Crippen molar-refractivity contribution in [1.82, 2.24) is 9.55 Å². The Labute approximate surface area is 196 Å². The van der Waals surface area contributed by atoms with Crippen molar-refractivity contribution in [3.8, 4) is 0 Å². The summed E-state index contributed by atoms with van der Waals surface area (Å²) >= 11 is 13.3. The van der Waals surface area contributed by atoms with Crippen molar-refractivity contribution in [1.29, 1.82) is 0 Å². The number of hydrogen-bond acceptors (Lipinski definition) is 4. The number of hydrogen-bond donors (Lipinski definition) is 1. The molecule has 3 rings (SSSR count). The summed E-state index contributed by atoms with van der Waals surface area (Å²) in [4.78, 5) is 30.6. The highest BCUT2D eigenvalue weighted by atomic mass is 35.5. The van der Waals surface area contributed by atoms with Crippen LogP contribution >= 0.6 is 35.0 Å². The minimum absolute atomic E-state index is 0.0705. The van der Waals surface area contributed by atoms with E-state index in [1.807, 2.05) is 18.2 Å². The van der Waals surface area contributed by atoms with Gasteiger partial charge in [0.05, 0.1) is 16.2 Å². The van der Waals surface area contributed by atoms with E-state index < -0.39 is 5.25 Å². The highest BCUT2D eigenvalue weighted by molar-refractivity contribution is 8.00. The normalized spacial score (nSPS) is 12.1. The monoisotopic (exact) mass is 477 g/mol. The molecule has 0 saturated heterocycles. The summed E-state index contributed by atoms with van der Waals surface area (Å²) in [7, 11) is 0. The zero-order valence-corrected chi connectivity index (χ0v) is 19.9. The van der Waals surface area contributed by atoms with Gasteiger partial charge in [0.1, 0.15) is 0 Å². The number of halogens is 2. The van der Waals surface area contributed by atoms with E-state index in [0.717, 1.165) is 25.7 Å². The van der Waals surface area contributed by atoms with Crippen LogP contribution in [0.1, 0.15) is 39.5 Å². The molecule has 0 radical (unpaired) electrons. The third kappa shape index (κ3) is 6.25. The topological polar surface area (TPSA) is 64.0 Å². The van der Waals surface area contributed by atoms with Crippen LogP contribution in [-0.4, -0.2) is 20.7 Å². The molecule has 0 bridgehead atoms. The Morgan fingerprint density at radius 3 is 2.55 bits per heavy atom. The predicted molar refractivity (Wildman–Crippen MR) is 131 cm³/mol. The molecule has 0 saturated carbocycles. The minimum atomic E-state index is -0.479. The van der Waals surface area contributed by atoms with Gasteiger partial charge in [-0.25, -0.2) is 4.98 Å². The lowest BCUT2D eigenvalue weighted by molar-refractivity contribution is -0.115. The Kier molecular flexibility index (Phi) is 8.41. The lowest BCUT2D eigenvalue weighted by atomic mass is 10.2. The summed E-state index contributed by atoms with van der Waals surface area (Å²) < 4.78 is 1.70. The molecule has 1 aromatic heterocycles. The Bertz CT molecular complexity index is 1110. The van der Waals surface area contributed by atoms with Crippen LogP contribution in [0.15, 0.2) is 52.4 Å². The van der Waals surface area contributed by atoms with E-state index in [1.54, 1.807) is 35.8 Å². The first kappa shape index (κ1) is 23.6. The maximum Gasteiger partial charge on any atom is 0.262 e. The summed E-state index contributed by atoms with van der Waals surface area (Å²) in [6.07, 6.45) is 4.19. The van der Waals surface area contributed by atoms with Gasteiger partial charge in [0.25, 0.3) is 5.56 Å². The van der Waals surface area contributed by atoms with Gasteiger partial charge >= 0.3 is 0 Å². The van der Waals surface area contributed by atoms with E-state index in [4.69, 9.17) is 28.2 Å². The van der Waals surface area contributed by atoms with Gasteiger partial charge in [-0.15, -0.1) is 0 Å². The molecule has 0 spiro atoms. The van der Waals surface area contributed by atoms with Crippen LogP contribution in [-0.2, 0) is 11.3 Å². The second-order valence-electron chi connectivity index (χ2n) is 7.34. The van der Waals surface area contributed by atoms with E-state index in [0.29, 0.717) is 38.3 Å². The number of nitrogens with zero attached hydrogens (tertiary/aromatic N) is 2. The number of benzene rings is 2. The summed E-state index contributed by atoms with van der Waals surface area (Å²) in [5.41, 5.74) is 1.09. The molecule has 5 nitrogen and oxygen atoms in total. The zero-order valence-electron chi connectivity index (χ0n) is 17.5. The summed E-state index contributed by atoms with van der Waals surface area (Å²) in [6.45, 7) is 4.52. The zero-order chi connectivity index (χ0) is 22.4. The van der Waals surface area contributed by atoms with Crippen molar-refractivity contribution in [2.75, 3.05) is 5.32 Å². The number of unbranched alkanes of at least 4 members (excludes halogenated alkanes) is 3. The molecule has 31 heavy (non-hydrogen) atoms. The molecule has 164 valence electrons. The molecule has 1 amide bonds. The highest BCUT2D eigenvalue weighted by Crippen LogP contribution is 2.26. The van der Waals surface area contributed by atoms with E-state index in [9.17, 15) is 9.59 Å². The highest BCUT2D eigenvalue weighted by Gasteiger charge is 2.20. The van der Waals surface area contributed by atoms with Crippen LogP contribution in [0.2, 0.25) is 10.0 Å². The third-order valence-corrected chi connectivity index (χ3v) is 6.37. The van der Waals surface area contributed by atoms with Gasteiger partial charge in [0, 0.05) is 22.3 Å². The fourth-order valence-electron chi connectivity index (χ4n) is 3.21. The number of nitrogens with one attached hydrogen (secondary N) is 1. The number of thioether (sulfide) groups is 1. The first-order valence-corrected chi connectivity index (χ1v) is 12.0. The molecule has 2 aromatic carbocycles. The molecule has 0 fully saturated rings. The fourth-order valence-corrected chi connectivity index (χ4v) is 4.67. The SMILES string of the molecule is CCCCCCn1c(SC(C)C(=O)Nc2cc(Cl)cc(Cl)c2)nc2ccccc2c1=O. The van der Waals surface area contributed by atoms with Crippen LogP contribution in [0.4, 0.5) is 5.69 Å². The van der Waals surface area contributed by atoms with Crippen molar-refractivity contribution in [3.05, 3.63) is 62.9 Å². The molecule has 1 atom stereocenters. The number of rotatable bonds is 9. The summed E-state index contributed by atoms with van der Waals surface area (Å²) in [6, 6.07) is 12.2. The second-order valence-corrected chi connectivity index (χ2v) is 9.52. The van der Waals surface area contributed by atoms with Crippen molar-refractivity contribution < 1.29 is 4.79 Å². The number of aromatic nitrogens is 2. The van der Waals surface area contributed by atoms with Gasteiger partial charge in [-0.05, 0) is 43.7 Å². The first-order chi connectivity index (χ1) is 14.9. The van der Waals surface area contributed by atoms with Crippen LogP contribution in [0.5, 0.6) is 0 Å². The van der Waals surface area contributed by atoms with E-state index in [2.05, 4.69) is 12.2 Å². The number of carbonyl (C=O) groups is 1. The largest absolute Gasteiger partial charge is 0.325 e. The number of para-hydroxylation sites is 1. The van der Waals surface area contributed by atoms with E-state index >= 15 is 0 Å². The quantitative estimate of drug-likeness (QED) is 0.220. The molecular weight excluding hydrogens is 453 g/mol. The van der Waals surface area contributed by atoms with Crippen molar-refractivity contribution >= 4 is 57.5 Å². The van der Waals surface area contributed by atoms with Crippen LogP contribution in [0.25, 0.3) is 10.9 Å². The van der Waals surface area contributed by atoms with Crippen molar-refractivity contribution in [3.63, 3.8) is 0 Å². The number of carbonyl (C=O) groups excluding carboxylic acids is 1. The smallest absolute Gasteiger partial charge is 0.262 e. The van der Waals surface area contributed by atoms with Crippen LogP contribution in [0.3, 0.4) is 0 Å². The lowest BCUT2D eigenvalue weighted by Gasteiger charge is -2.16. The molecule has 0 aliphatic carbocycles. The van der Waals surface area contributed by atoms with Crippen LogP contribution in [0, 0.1) is 0 Å². The van der Waals surface area contributed by atoms with Gasteiger partial charge in [-0.1, -0.05) is 73.3 Å². The molecule has 8 heteroatoms. The molecule has 1 unspecified atom stereocenters. The van der Waals surface area contributed by atoms with Gasteiger partial charge in [0.15, 0.2) is 5.16 Å². The minimum Gasteiger partial charge on any atom is -0.325 e. The average molecular weight is 478 g/mol. The van der Waals surface area contributed by atoms with Gasteiger partial charge in [-0.3, -0.25) is 14.2 Å². The number of anilines is 1. The van der Waals surface area contributed by atoms with Gasteiger partial charge in [-0.2, -0.15) is 0 Å². The molecule has 0 aliphatic heterocycles. The average Bonchev–Trinajstić information content (AvgIpc) is 2.72. The maximum absolute atomic E-state index is 13.1. The van der Waals surface area contributed by atoms with Crippen molar-refractivity contribution in [2.24, 2.45) is 0 Å². The Morgan fingerprint density at radius 1 is 1.13 bits per heavy atom. The number of amides is 1. The van der Waals surface area contributed by atoms with E-state index in [1.165, 1.54) is 11.8 Å². The third-order valence-electron chi connectivity index (χ3n) is 4.84. The van der Waals surface area contributed by atoms with Crippen molar-refractivity contribution in [2.45, 2.75) is 56.5 Å². The predicted octanol–water partition coefficient (Wildman–Crippen LogP) is 6.40. The molecule has 1 heterocycles. The lowest BCUT2D eigenvalue weighted by Crippen LogP contribution is -2.27. The fraction of sp³-hybridized carbons (Fsp3) is 0.348. The Morgan fingerprint density at radius 2 is 1.84 bits per heavy atom. The standard InChI is InChI=1S/C23H25Cl2N3O2S/c1-3-4-5-8-11-28-22(30)19-9-6-7-10-20(19)27-23(28)31-15(2)21(29)26-18-13-16(24)12-17(25)14-18/h6-7,9-10,12-15H,3-5,8,11H2,1-2H3,(H,26,29). The van der Waals surface area contributed by atoms with Gasteiger partial charge < -0.3 is 5.32 Å². The molecule has 0 aliphatic rings. The second kappa shape index (κ2) is 11.0. The first-order valence-electron chi connectivity index (χ1n) is 10.3. The Hall–Kier alpha value is -2.02. The molecule has 3 aromatic rings. The van der Waals surface area contributed by atoms with Crippen LogP contribution < -0.4 is 10.9 Å². The van der Waals surface area contributed by atoms with Gasteiger partial charge in [0.2, 0.25) is 5.91 Å². The summed E-state index contributed by atoms with van der Waals surface area (Å²) in [5.74, 6) is -0.219. The maximum atomic E-state index is 13.1. The molecule has 1 N–H and O–H groups in total. The molecular formula is C23H25Cl2N3O2S. The summed E-state index contributed by atoms with van der Waals surface area (Å²) in [5, 5.41) is 4.38. The number of fused-ring (bicyclic) bond motifs is 1. The Balaban J connectivity index is 1.84.